The van der Waals surface area contributed by atoms with E-state index < -0.39 is 0 Å². The number of hydrogen-bond acceptors (Lipinski definition) is 4. The highest BCUT2D eigenvalue weighted by Gasteiger charge is 2.31. The van der Waals surface area contributed by atoms with E-state index in [4.69, 9.17) is 0 Å². The number of thiazole rings is 1. The Morgan fingerprint density at radius 2 is 2.11 bits per heavy atom. The van der Waals surface area contributed by atoms with Crippen LogP contribution < -0.4 is 5.32 Å². The Kier molecular flexibility index (Phi) is 3.84. The molecule has 2 aromatic carbocycles. The minimum atomic E-state index is -0.329. The van der Waals surface area contributed by atoms with E-state index in [1.807, 2.05) is 24.3 Å². The molecule has 0 fully saturated rings. The molecule has 27 heavy (non-hydrogen) atoms. The van der Waals surface area contributed by atoms with Gasteiger partial charge in [0, 0.05) is 17.9 Å². The van der Waals surface area contributed by atoms with Gasteiger partial charge in [0.05, 0.1) is 20.9 Å². The van der Waals surface area contributed by atoms with E-state index in [9.17, 15) is 9.18 Å². The molecule has 1 unspecified atom stereocenters. The fourth-order valence-corrected chi connectivity index (χ4v) is 4.67. The van der Waals surface area contributed by atoms with E-state index in [0.29, 0.717) is 15.4 Å². The standard InChI is InChI=1S/C19H12BrFN4OS/c20-13-7-10(5-6-14(13)21)11-8-17(26)24-18-12(11)9-22-25(18)19-23-15-3-1-2-4-16(15)27-19/h1-7,9,11H,8H2,(H,24,26). The molecule has 8 heteroatoms. The minimum absolute atomic E-state index is 0.101. The number of rotatable bonds is 2. The average Bonchev–Trinajstić information content (AvgIpc) is 3.26. The Balaban J connectivity index is 1.63. The number of para-hydroxylation sites is 1. The second-order valence-corrected chi connectivity index (χ2v) is 8.17. The first-order valence-corrected chi connectivity index (χ1v) is 9.90. The second kappa shape index (κ2) is 6.24. The molecule has 4 aromatic rings. The van der Waals surface area contributed by atoms with Crippen LogP contribution in [-0.2, 0) is 4.79 Å². The van der Waals surface area contributed by atoms with Gasteiger partial charge in [-0.1, -0.05) is 29.5 Å². The molecule has 2 aromatic heterocycles. The van der Waals surface area contributed by atoms with E-state index in [1.54, 1.807) is 23.0 Å². The van der Waals surface area contributed by atoms with Crippen LogP contribution in [0.2, 0.25) is 0 Å². The molecule has 0 saturated heterocycles. The molecule has 5 nitrogen and oxygen atoms in total. The maximum absolute atomic E-state index is 13.6. The number of fused-ring (bicyclic) bond motifs is 2. The largest absolute Gasteiger partial charge is 0.310 e. The lowest BCUT2D eigenvalue weighted by molar-refractivity contribution is -0.116. The zero-order valence-electron chi connectivity index (χ0n) is 13.8. The summed E-state index contributed by atoms with van der Waals surface area (Å²) in [6, 6.07) is 12.7. The first kappa shape index (κ1) is 16.6. The smallest absolute Gasteiger partial charge is 0.226 e. The zero-order chi connectivity index (χ0) is 18.5. The summed E-state index contributed by atoms with van der Waals surface area (Å²) in [7, 11) is 0. The van der Waals surface area contributed by atoms with Crippen molar-refractivity contribution in [3.05, 3.63) is 70.1 Å². The van der Waals surface area contributed by atoms with E-state index in [0.717, 1.165) is 21.3 Å². The maximum atomic E-state index is 13.6. The van der Waals surface area contributed by atoms with Gasteiger partial charge in [0.25, 0.3) is 0 Å². The van der Waals surface area contributed by atoms with Crippen molar-refractivity contribution < 1.29 is 9.18 Å². The van der Waals surface area contributed by atoms with Crippen molar-refractivity contribution in [3.63, 3.8) is 0 Å². The van der Waals surface area contributed by atoms with Crippen molar-refractivity contribution in [3.8, 4) is 5.13 Å². The summed E-state index contributed by atoms with van der Waals surface area (Å²) in [6.07, 6.45) is 2.04. The number of benzene rings is 2. The van der Waals surface area contributed by atoms with Crippen molar-refractivity contribution >= 4 is 49.2 Å². The molecule has 134 valence electrons. The van der Waals surface area contributed by atoms with Crippen LogP contribution in [0, 0.1) is 5.82 Å². The van der Waals surface area contributed by atoms with E-state index >= 15 is 0 Å². The summed E-state index contributed by atoms with van der Waals surface area (Å²) in [4.78, 5) is 17.0. The quantitative estimate of drug-likeness (QED) is 0.482. The lowest BCUT2D eigenvalue weighted by Gasteiger charge is -2.23. The monoisotopic (exact) mass is 442 g/mol. The maximum Gasteiger partial charge on any atom is 0.226 e. The molecule has 0 spiro atoms. The van der Waals surface area contributed by atoms with Gasteiger partial charge in [0.2, 0.25) is 11.0 Å². The second-order valence-electron chi connectivity index (χ2n) is 6.30. The Bertz CT molecular complexity index is 1170. The van der Waals surface area contributed by atoms with Crippen LogP contribution in [0.25, 0.3) is 15.3 Å². The molecular formula is C19H12BrFN4OS. The number of nitrogens with one attached hydrogen (secondary N) is 1. The van der Waals surface area contributed by atoms with Gasteiger partial charge < -0.3 is 5.32 Å². The Labute approximate surface area is 166 Å². The van der Waals surface area contributed by atoms with Gasteiger partial charge in [-0.2, -0.15) is 9.78 Å². The first-order valence-electron chi connectivity index (χ1n) is 8.29. The molecule has 0 radical (unpaired) electrons. The van der Waals surface area contributed by atoms with E-state index in [-0.39, 0.29) is 24.1 Å². The van der Waals surface area contributed by atoms with Gasteiger partial charge in [-0.05, 0) is 45.8 Å². The molecule has 3 heterocycles. The highest BCUT2D eigenvalue weighted by atomic mass is 79.9. The molecule has 0 aliphatic carbocycles. The van der Waals surface area contributed by atoms with Crippen LogP contribution >= 0.6 is 27.3 Å². The van der Waals surface area contributed by atoms with Crippen LogP contribution in [0.15, 0.2) is 53.1 Å². The summed E-state index contributed by atoms with van der Waals surface area (Å²) in [5, 5.41) is 8.09. The number of amides is 1. The highest BCUT2D eigenvalue weighted by molar-refractivity contribution is 9.10. The molecule has 1 atom stereocenters. The molecule has 1 amide bonds. The number of hydrogen-bond donors (Lipinski definition) is 1. The van der Waals surface area contributed by atoms with Crippen LogP contribution in [-0.4, -0.2) is 20.7 Å². The molecule has 1 N–H and O–H groups in total. The van der Waals surface area contributed by atoms with Crippen molar-refractivity contribution in [1.82, 2.24) is 14.8 Å². The summed E-state index contributed by atoms with van der Waals surface area (Å²) in [5.74, 6) is 0.00439. The van der Waals surface area contributed by atoms with Gasteiger partial charge in [-0.3, -0.25) is 4.79 Å². The number of anilines is 1. The Morgan fingerprint density at radius 1 is 1.26 bits per heavy atom. The highest BCUT2D eigenvalue weighted by Crippen LogP contribution is 2.39. The molecule has 1 aliphatic rings. The summed E-state index contributed by atoms with van der Waals surface area (Å²) >= 11 is 4.74. The Hall–Kier alpha value is -2.58. The lowest BCUT2D eigenvalue weighted by Crippen LogP contribution is -2.24. The van der Waals surface area contributed by atoms with Crippen LogP contribution in [0.1, 0.15) is 23.5 Å². The third-order valence-electron chi connectivity index (χ3n) is 4.63. The fraction of sp³-hybridized carbons (Fsp3) is 0.105. The third-order valence-corrected chi connectivity index (χ3v) is 6.25. The van der Waals surface area contributed by atoms with Gasteiger partial charge >= 0.3 is 0 Å². The predicted octanol–water partition coefficient (Wildman–Crippen LogP) is 4.86. The van der Waals surface area contributed by atoms with Crippen molar-refractivity contribution in [2.45, 2.75) is 12.3 Å². The van der Waals surface area contributed by atoms with Gasteiger partial charge in [-0.15, -0.1) is 0 Å². The van der Waals surface area contributed by atoms with E-state index in [1.165, 1.54) is 17.4 Å². The lowest BCUT2D eigenvalue weighted by atomic mass is 9.87. The topological polar surface area (TPSA) is 59.8 Å². The normalized spacial score (nSPS) is 16.4. The predicted molar refractivity (Wildman–Crippen MR) is 106 cm³/mol. The molecular weight excluding hydrogens is 431 g/mol. The van der Waals surface area contributed by atoms with Gasteiger partial charge in [-0.25, -0.2) is 9.37 Å². The summed E-state index contributed by atoms with van der Waals surface area (Å²) < 4.78 is 16.7. The van der Waals surface area contributed by atoms with Crippen LogP contribution in [0.3, 0.4) is 0 Å². The van der Waals surface area contributed by atoms with Gasteiger partial charge in [0.1, 0.15) is 11.6 Å². The van der Waals surface area contributed by atoms with Crippen molar-refractivity contribution in [2.75, 3.05) is 5.32 Å². The number of carbonyl (C=O) groups excluding carboxylic acids is 1. The SMILES string of the molecule is O=C1CC(c2ccc(F)c(Br)c2)c2cnn(-c3nc4ccccc4s3)c2N1. The van der Waals surface area contributed by atoms with Crippen LogP contribution in [0.5, 0.6) is 0 Å². The number of aromatic nitrogens is 3. The molecule has 0 saturated carbocycles. The molecule has 5 rings (SSSR count). The van der Waals surface area contributed by atoms with Crippen molar-refractivity contribution in [1.29, 1.82) is 0 Å². The molecule has 1 aliphatic heterocycles. The third kappa shape index (κ3) is 2.76. The summed E-state index contributed by atoms with van der Waals surface area (Å²) in [5.41, 5.74) is 2.65. The first-order chi connectivity index (χ1) is 13.1. The number of carbonyl (C=O) groups is 1. The number of nitrogens with zero attached hydrogens (tertiary/aromatic N) is 3. The van der Waals surface area contributed by atoms with E-state index in [2.05, 4.69) is 31.3 Å². The zero-order valence-corrected chi connectivity index (χ0v) is 16.2. The minimum Gasteiger partial charge on any atom is -0.310 e. The fourth-order valence-electron chi connectivity index (χ4n) is 3.34. The van der Waals surface area contributed by atoms with Crippen LogP contribution in [0.4, 0.5) is 10.2 Å². The Morgan fingerprint density at radius 3 is 2.93 bits per heavy atom. The molecule has 0 bridgehead atoms. The number of halogens is 2. The summed E-state index contributed by atoms with van der Waals surface area (Å²) in [6.45, 7) is 0. The van der Waals surface area contributed by atoms with Gasteiger partial charge in [0.15, 0.2) is 0 Å². The van der Waals surface area contributed by atoms with Crippen molar-refractivity contribution in [2.24, 2.45) is 0 Å². The average molecular weight is 443 g/mol.